The molecule has 0 fully saturated rings. The molecule has 0 unspecified atom stereocenters. The van der Waals surface area contributed by atoms with Crippen LogP contribution in [0.25, 0.3) is 0 Å². The summed E-state index contributed by atoms with van der Waals surface area (Å²) in [4.78, 5) is 13.5. The summed E-state index contributed by atoms with van der Waals surface area (Å²) in [5.74, 6) is -0.398. The summed E-state index contributed by atoms with van der Waals surface area (Å²) in [6.07, 6.45) is 1.18. The number of hydrogen-bond acceptors (Lipinski definition) is 3. The molecule has 0 amide bonds. The molecule has 0 N–H and O–H groups in total. The number of esters is 1. The molecule has 0 atom stereocenters. The zero-order chi connectivity index (χ0) is 16.3. The fraction of sp³-hybridized carbons (Fsp3) is 0.500. The van der Waals surface area contributed by atoms with Crippen LogP contribution in [0.5, 0.6) is 0 Å². The van der Waals surface area contributed by atoms with E-state index in [0.717, 1.165) is 11.3 Å². The van der Waals surface area contributed by atoms with Crippen molar-refractivity contribution in [2.45, 2.75) is 59.2 Å². The molecule has 3 nitrogen and oxygen atoms in total. The van der Waals surface area contributed by atoms with Crippen molar-refractivity contribution in [1.82, 2.24) is 0 Å². The first-order chi connectivity index (χ1) is 9.55. The van der Waals surface area contributed by atoms with Crippen LogP contribution in [0, 0.1) is 0 Å². The van der Waals surface area contributed by atoms with Crippen LogP contribution in [0.15, 0.2) is 36.9 Å². The summed E-state index contributed by atoms with van der Waals surface area (Å²) in [6.45, 7) is 16.9. The second kappa shape index (κ2) is 6.33. The fourth-order valence-corrected chi connectivity index (χ4v) is 2.74. The lowest BCUT2D eigenvalue weighted by atomic mass is 9.94. The molecule has 0 saturated carbocycles. The molecule has 1 rings (SSSR count). The van der Waals surface area contributed by atoms with Gasteiger partial charge in [-0.05, 0) is 59.2 Å². The molecule has 0 radical (unpaired) electrons. The summed E-state index contributed by atoms with van der Waals surface area (Å²) < 4.78 is 5.04. The van der Waals surface area contributed by atoms with Gasteiger partial charge in [-0.3, -0.25) is 0 Å². The first-order valence-electron chi connectivity index (χ1n) is 7.24. The molecule has 1 aromatic carbocycles. The molecule has 0 spiro atoms. The zero-order valence-electron chi connectivity index (χ0n) is 14.1. The highest BCUT2D eigenvalue weighted by Crippen LogP contribution is 2.32. The van der Waals surface area contributed by atoms with Gasteiger partial charge in [0.15, 0.2) is 0 Å². The minimum absolute atomic E-state index is 0.0229. The van der Waals surface area contributed by atoms with Gasteiger partial charge in [-0.2, -0.15) is 0 Å². The fourth-order valence-electron chi connectivity index (χ4n) is 2.74. The van der Waals surface area contributed by atoms with Crippen molar-refractivity contribution in [2.24, 2.45) is 0 Å². The maximum atomic E-state index is 11.1. The summed E-state index contributed by atoms with van der Waals surface area (Å²) >= 11 is 0. The standard InChI is InChI=1S/C18H27NO2/c1-8-16(20)21-13-14-9-11-15(12-10-14)19(17(2,3)4)18(5,6)7/h8-12H,1,13H2,2-7H3. The van der Waals surface area contributed by atoms with E-state index in [1.807, 2.05) is 12.1 Å². The van der Waals surface area contributed by atoms with E-state index in [4.69, 9.17) is 4.74 Å². The van der Waals surface area contributed by atoms with Crippen LogP contribution in [0.1, 0.15) is 47.1 Å². The maximum absolute atomic E-state index is 11.1. The Bertz CT molecular complexity index is 475. The number of benzene rings is 1. The third kappa shape index (κ3) is 4.92. The molecule has 21 heavy (non-hydrogen) atoms. The summed E-state index contributed by atoms with van der Waals surface area (Å²) in [5, 5.41) is 0. The first-order valence-corrected chi connectivity index (χ1v) is 7.24. The molecule has 3 heteroatoms. The van der Waals surface area contributed by atoms with E-state index >= 15 is 0 Å². The van der Waals surface area contributed by atoms with Crippen LogP contribution in [0.3, 0.4) is 0 Å². The Kier molecular flexibility index (Phi) is 5.21. The topological polar surface area (TPSA) is 29.5 Å². The van der Waals surface area contributed by atoms with Crippen LogP contribution >= 0.6 is 0 Å². The SMILES string of the molecule is C=CC(=O)OCc1ccc(N(C(C)(C)C)C(C)(C)C)cc1. The van der Waals surface area contributed by atoms with E-state index in [0.29, 0.717) is 0 Å². The van der Waals surface area contributed by atoms with E-state index in [1.54, 1.807) is 0 Å². The Morgan fingerprint density at radius 1 is 1.10 bits per heavy atom. The highest BCUT2D eigenvalue weighted by molar-refractivity contribution is 5.81. The maximum Gasteiger partial charge on any atom is 0.330 e. The Balaban J connectivity index is 2.94. The molecule has 116 valence electrons. The Morgan fingerprint density at radius 3 is 1.95 bits per heavy atom. The lowest BCUT2D eigenvalue weighted by Gasteiger charge is -2.47. The zero-order valence-corrected chi connectivity index (χ0v) is 14.1. The van der Waals surface area contributed by atoms with Crippen LogP contribution in [-0.2, 0) is 16.1 Å². The van der Waals surface area contributed by atoms with Crippen molar-refractivity contribution in [2.75, 3.05) is 4.90 Å². The lowest BCUT2D eigenvalue weighted by molar-refractivity contribution is -0.138. The van der Waals surface area contributed by atoms with Crippen molar-refractivity contribution in [3.63, 3.8) is 0 Å². The lowest BCUT2D eigenvalue weighted by Crippen LogP contribution is -2.53. The molecule has 0 aliphatic rings. The second-order valence-electron chi connectivity index (χ2n) is 7.16. The molecule has 0 aromatic heterocycles. The smallest absolute Gasteiger partial charge is 0.330 e. The van der Waals surface area contributed by atoms with E-state index < -0.39 is 5.97 Å². The molecule has 1 aromatic rings. The second-order valence-corrected chi connectivity index (χ2v) is 7.16. The average molecular weight is 289 g/mol. The summed E-state index contributed by atoms with van der Waals surface area (Å²) in [5.41, 5.74) is 2.18. The van der Waals surface area contributed by atoms with Gasteiger partial charge in [-0.1, -0.05) is 18.7 Å². The van der Waals surface area contributed by atoms with Gasteiger partial charge in [0.25, 0.3) is 0 Å². The van der Waals surface area contributed by atoms with Crippen molar-refractivity contribution in [1.29, 1.82) is 0 Å². The van der Waals surface area contributed by atoms with Gasteiger partial charge < -0.3 is 9.64 Å². The van der Waals surface area contributed by atoms with E-state index in [2.05, 4.69) is 65.2 Å². The van der Waals surface area contributed by atoms with Crippen molar-refractivity contribution in [3.05, 3.63) is 42.5 Å². The Hall–Kier alpha value is -1.77. The summed E-state index contributed by atoms with van der Waals surface area (Å²) in [7, 11) is 0. The molecule has 0 saturated heterocycles. The van der Waals surface area contributed by atoms with E-state index in [-0.39, 0.29) is 17.7 Å². The monoisotopic (exact) mass is 289 g/mol. The number of rotatable bonds is 4. The molecular formula is C18H27NO2. The third-order valence-corrected chi connectivity index (χ3v) is 3.08. The largest absolute Gasteiger partial charge is 0.458 e. The van der Waals surface area contributed by atoms with E-state index in [9.17, 15) is 4.79 Å². The Morgan fingerprint density at radius 2 is 1.57 bits per heavy atom. The number of hydrogen-bond donors (Lipinski definition) is 0. The highest BCUT2D eigenvalue weighted by Gasteiger charge is 2.31. The minimum atomic E-state index is -0.398. The van der Waals surface area contributed by atoms with Gasteiger partial charge in [0, 0.05) is 22.8 Å². The van der Waals surface area contributed by atoms with Crippen LogP contribution in [-0.4, -0.2) is 17.0 Å². The minimum Gasteiger partial charge on any atom is -0.458 e. The van der Waals surface area contributed by atoms with Gasteiger partial charge in [-0.25, -0.2) is 4.79 Å². The number of nitrogens with zero attached hydrogens (tertiary/aromatic N) is 1. The van der Waals surface area contributed by atoms with Crippen molar-refractivity contribution < 1.29 is 9.53 Å². The quantitative estimate of drug-likeness (QED) is 0.610. The predicted molar refractivity (Wildman–Crippen MR) is 88.4 cm³/mol. The van der Waals surface area contributed by atoms with Gasteiger partial charge >= 0.3 is 5.97 Å². The van der Waals surface area contributed by atoms with Crippen LogP contribution < -0.4 is 4.90 Å². The summed E-state index contributed by atoms with van der Waals surface area (Å²) in [6, 6.07) is 8.15. The van der Waals surface area contributed by atoms with Gasteiger partial charge in [0.05, 0.1) is 0 Å². The van der Waals surface area contributed by atoms with Crippen molar-refractivity contribution >= 4 is 11.7 Å². The van der Waals surface area contributed by atoms with Crippen molar-refractivity contribution in [3.8, 4) is 0 Å². The molecular weight excluding hydrogens is 262 g/mol. The highest BCUT2D eigenvalue weighted by atomic mass is 16.5. The molecule has 0 aliphatic carbocycles. The normalized spacial score (nSPS) is 11.9. The van der Waals surface area contributed by atoms with Crippen LogP contribution in [0.4, 0.5) is 5.69 Å². The number of carbonyl (C=O) groups excluding carboxylic acids is 1. The Labute approximate surface area is 128 Å². The van der Waals surface area contributed by atoms with E-state index in [1.165, 1.54) is 6.08 Å². The molecule has 0 aliphatic heterocycles. The van der Waals surface area contributed by atoms with Gasteiger partial charge in [-0.15, -0.1) is 0 Å². The predicted octanol–water partition coefficient (Wildman–Crippen LogP) is 4.32. The molecule has 0 heterocycles. The molecule has 0 bridgehead atoms. The van der Waals surface area contributed by atoms with Crippen LogP contribution in [0.2, 0.25) is 0 Å². The number of carbonyl (C=O) groups is 1. The first kappa shape index (κ1) is 17.3. The average Bonchev–Trinajstić information content (AvgIpc) is 2.34. The van der Waals surface area contributed by atoms with Gasteiger partial charge in [0.2, 0.25) is 0 Å². The third-order valence-electron chi connectivity index (χ3n) is 3.08. The van der Waals surface area contributed by atoms with Gasteiger partial charge in [0.1, 0.15) is 6.61 Å². The number of anilines is 1. The number of ether oxygens (including phenoxy) is 1.